The number of rotatable bonds is 4. The number of para-hydroxylation sites is 1. The third-order valence-corrected chi connectivity index (χ3v) is 2.68. The average molecular weight is 235 g/mol. The summed E-state index contributed by atoms with van der Waals surface area (Å²) in [5, 5.41) is 12.3. The second-order valence-electron chi connectivity index (χ2n) is 5.54. The Kier molecular flexibility index (Phi) is 4.16. The van der Waals surface area contributed by atoms with Crippen LogP contribution in [0.1, 0.15) is 43.1 Å². The van der Waals surface area contributed by atoms with Crippen molar-refractivity contribution in [1.29, 1.82) is 0 Å². The maximum Gasteiger partial charge on any atom is 0.337 e. The van der Waals surface area contributed by atoms with Gasteiger partial charge in [-0.05, 0) is 30.4 Å². The number of anilines is 1. The van der Waals surface area contributed by atoms with Crippen molar-refractivity contribution in [3.05, 3.63) is 29.3 Å². The van der Waals surface area contributed by atoms with Crippen molar-refractivity contribution in [3.63, 3.8) is 0 Å². The Morgan fingerprint density at radius 2 is 2.00 bits per heavy atom. The van der Waals surface area contributed by atoms with Gasteiger partial charge in [0.1, 0.15) is 0 Å². The SMILES string of the molecule is Cc1cccc(C(=O)O)c1NCCC(C)(C)C. The number of hydrogen-bond donors (Lipinski definition) is 2. The number of hydrogen-bond acceptors (Lipinski definition) is 2. The van der Waals surface area contributed by atoms with Crippen LogP contribution in [-0.4, -0.2) is 17.6 Å². The molecule has 0 aliphatic heterocycles. The van der Waals surface area contributed by atoms with Gasteiger partial charge in [0.25, 0.3) is 0 Å². The zero-order chi connectivity index (χ0) is 13.1. The molecule has 1 aromatic carbocycles. The standard InChI is InChI=1S/C14H21NO2/c1-10-6-5-7-11(13(16)17)12(10)15-9-8-14(2,3)4/h5-7,15H,8-9H2,1-4H3,(H,16,17). The van der Waals surface area contributed by atoms with Gasteiger partial charge in [0.15, 0.2) is 0 Å². The van der Waals surface area contributed by atoms with Crippen molar-refractivity contribution in [3.8, 4) is 0 Å². The lowest BCUT2D eigenvalue weighted by molar-refractivity contribution is 0.0698. The molecule has 0 bridgehead atoms. The van der Waals surface area contributed by atoms with E-state index in [-0.39, 0.29) is 5.41 Å². The van der Waals surface area contributed by atoms with Gasteiger partial charge in [-0.25, -0.2) is 4.79 Å². The summed E-state index contributed by atoms with van der Waals surface area (Å²) >= 11 is 0. The summed E-state index contributed by atoms with van der Waals surface area (Å²) < 4.78 is 0. The molecule has 3 heteroatoms. The lowest BCUT2D eigenvalue weighted by Crippen LogP contribution is -2.15. The minimum Gasteiger partial charge on any atom is -0.478 e. The van der Waals surface area contributed by atoms with E-state index in [0.717, 1.165) is 24.2 Å². The van der Waals surface area contributed by atoms with Crippen molar-refractivity contribution in [2.24, 2.45) is 5.41 Å². The molecular weight excluding hydrogens is 214 g/mol. The van der Waals surface area contributed by atoms with Crippen molar-refractivity contribution < 1.29 is 9.90 Å². The molecule has 0 saturated heterocycles. The number of carbonyl (C=O) groups is 1. The molecule has 1 aromatic rings. The first-order valence-corrected chi connectivity index (χ1v) is 5.88. The summed E-state index contributed by atoms with van der Waals surface area (Å²) in [7, 11) is 0. The Morgan fingerprint density at radius 3 is 2.53 bits per heavy atom. The van der Waals surface area contributed by atoms with Crippen LogP contribution in [0, 0.1) is 12.3 Å². The zero-order valence-electron chi connectivity index (χ0n) is 11.0. The largest absolute Gasteiger partial charge is 0.478 e. The first kappa shape index (κ1) is 13.6. The molecule has 0 aliphatic carbocycles. The van der Waals surface area contributed by atoms with E-state index < -0.39 is 5.97 Å². The molecule has 0 radical (unpaired) electrons. The van der Waals surface area contributed by atoms with Crippen LogP contribution in [0.25, 0.3) is 0 Å². The van der Waals surface area contributed by atoms with E-state index in [9.17, 15) is 4.79 Å². The van der Waals surface area contributed by atoms with Crippen LogP contribution < -0.4 is 5.32 Å². The predicted molar refractivity (Wildman–Crippen MR) is 70.7 cm³/mol. The van der Waals surface area contributed by atoms with Gasteiger partial charge < -0.3 is 10.4 Å². The predicted octanol–water partition coefficient (Wildman–Crippen LogP) is 3.54. The molecule has 0 aliphatic rings. The summed E-state index contributed by atoms with van der Waals surface area (Å²) in [5.74, 6) is -0.882. The fourth-order valence-electron chi connectivity index (χ4n) is 1.64. The lowest BCUT2D eigenvalue weighted by atomic mass is 9.92. The van der Waals surface area contributed by atoms with Gasteiger partial charge in [-0.2, -0.15) is 0 Å². The molecule has 3 nitrogen and oxygen atoms in total. The van der Waals surface area contributed by atoms with Crippen molar-refractivity contribution in [2.75, 3.05) is 11.9 Å². The number of carboxylic acid groups (broad SMARTS) is 1. The van der Waals surface area contributed by atoms with Crippen LogP contribution in [0.15, 0.2) is 18.2 Å². The molecule has 0 heterocycles. The summed E-state index contributed by atoms with van der Waals surface area (Å²) in [6.07, 6.45) is 1.00. The number of benzene rings is 1. The van der Waals surface area contributed by atoms with Gasteiger partial charge in [0.05, 0.1) is 11.3 Å². The fourth-order valence-corrected chi connectivity index (χ4v) is 1.64. The van der Waals surface area contributed by atoms with E-state index in [4.69, 9.17) is 5.11 Å². The van der Waals surface area contributed by atoms with Gasteiger partial charge in [-0.3, -0.25) is 0 Å². The van der Waals surface area contributed by atoms with E-state index in [0.29, 0.717) is 5.56 Å². The normalized spacial score (nSPS) is 11.3. The average Bonchev–Trinajstić information content (AvgIpc) is 2.18. The van der Waals surface area contributed by atoms with Gasteiger partial charge in [-0.15, -0.1) is 0 Å². The highest BCUT2D eigenvalue weighted by molar-refractivity contribution is 5.95. The maximum absolute atomic E-state index is 11.1. The van der Waals surface area contributed by atoms with Crippen LogP contribution >= 0.6 is 0 Å². The van der Waals surface area contributed by atoms with Crippen LogP contribution in [-0.2, 0) is 0 Å². The Bertz CT molecular complexity index is 405. The van der Waals surface area contributed by atoms with Crippen LogP contribution in [0.5, 0.6) is 0 Å². The Balaban J connectivity index is 2.79. The number of aromatic carboxylic acids is 1. The molecule has 0 fully saturated rings. The third-order valence-electron chi connectivity index (χ3n) is 2.68. The summed E-state index contributed by atoms with van der Waals surface area (Å²) in [5.41, 5.74) is 2.31. The van der Waals surface area contributed by atoms with E-state index in [1.165, 1.54) is 0 Å². The first-order valence-electron chi connectivity index (χ1n) is 5.88. The Morgan fingerprint density at radius 1 is 1.35 bits per heavy atom. The van der Waals surface area contributed by atoms with Crippen LogP contribution in [0.4, 0.5) is 5.69 Å². The van der Waals surface area contributed by atoms with Crippen LogP contribution in [0.2, 0.25) is 0 Å². The minimum atomic E-state index is -0.882. The van der Waals surface area contributed by atoms with Gasteiger partial charge in [-0.1, -0.05) is 32.9 Å². The monoisotopic (exact) mass is 235 g/mol. The topological polar surface area (TPSA) is 49.3 Å². The smallest absolute Gasteiger partial charge is 0.337 e. The Hall–Kier alpha value is -1.51. The molecule has 1 rings (SSSR count). The van der Waals surface area contributed by atoms with Gasteiger partial charge in [0.2, 0.25) is 0 Å². The number of aryl methyl sites for hydroxylation is 1. The molecule has 0 aromatic heterocycles. The molecule has 0 amide bonds. The second kappa shape index (κ2) is 5.21. The van der Waals surface area contributed by atoms with E-state index in [1.54, 1.807) is 12.1 Å². The highest BCUT2D eigenvalue weighted by Crippen LogP contribution is 2.23. The number of nitrogens with one attached hydrogen (secondary N) is 1. The lowest BCUT2D eigenvalue weighted by Gasteiger charge is -2.20. The van der Waals surface area contributed by atoms with Crippen molar-refractivity contribution in [1.82, 2.24) is 0 Å². The maximum atomic E-state index is 11.1. The molecule has 2 N–H and O–H groups in total. The highest BCUT2D eigenvalue weighted by atomic mass is 16.4. The summed E-state index contributed by atoms with van der Waals surface area (Å²) in [4.78, 5) is 11.1. The first-order chi connectivity index (χ1) is 7.81. The quantitative estimate of drug-likeness (QED) is 0.839. The molecule has 0 saturated carbocycles. The second-order valence-corrected chi connectivity index (χ2v) is 5.54. The minimum absolute atomic E-state index is 0.249. The molecule has 94 valence electrons. The summed E-state index contributed by atoms with van der Waals surface area (Å²) in [6, 6.07) is 5.33. The fraction of sp³-hybridized carbons (Fsp3) is 0.500. The highest BCUT2D eigenvalue weighted by Gasteiger charge is 2.13. The van der Waals surface area contributed by atoms with E-state index in [2.05, 4.69) is 26.1 Å². The van der Waals surface area contributed by atoms with Crippen molar-refractivity contribution >= 4 is 11.7 Å². The van der Waals surface area contributed by atoms with Crippen LogP contribution in [0.3, 0.4) is 0 Å². The molecular formula is C14H21NO2. The molecule has 0 atom stereocenters. The number of carboxylic acids is 1. The van der Waals surface area contributed by atoms with E-state index in [1.807, 2.05) is 13.0 Å². The summed E-state index contributed by atoms with van der Waals surface area (Å²) in [6.45, 7) is 9.22. The van der Waals surface area contributed by atoms with Crippen molar-refractivity contribution in [2.45, 2.75) is 34.1 Å². The third kappa shape index (κ3) is 4.10. The van der Waals surface area contributed by atoms with E-state index >= 15 is 0 Å². The van der Waals surface area contributed by atoms with Gasteiger partial charge in [0, 0.05) is 6.54 Å². The molecule has 0 unspecified atom stereocenters. The zero-order valence-corrected chi connectivity index (χ0v) is 11.0. The van der Waals surface area contributed by atoms with Gasteiger partial charge >= 0.3 is 5.97 Å². The molecule has 17 heavy (non-hydrogen) atoms. The Labute approximate surface area is 103 Å². The molecule has 0 spiro atoms.